The Bertz CT molecular complexity index is 1020. The maximum atomic E-state index is 13.1. The van der Waals surface area contributed by atoms with Crippen LogP contribution in [0.5, 0.6) is 0 Å². The van der Waals surface area contributed by atoms with Crippen LogP contribution in [0.15, 0.2) is 24.5 Å². The van der Waals surface area contributed by atoms with Crippen molar-refractivity contribution < 1.29 is 9.18 Å². The van der Waals surface area contributed by atoms with Crippen LogP contribution in [0.1, 0.15) is 44.1 Å². The van der Waals surface area contributed by atoms with E-state index >= 15 is 0 Å². The van der Waals surface area contributed by atoms with Crippen molar-refractivity contribution in [2.45, 2.75) is 56.8 Å². The Balaban J connectivity index is 1.13. The number of carbonyl (C=O) groups is 1. The molecule has 3 aliphatic rings. The Morgan fingerprint density at radius 2 is 1.84 bits per heavy atom. The molecule has 1 saturated heterocycles. The summed E-state index contributed by atoms with van der Waals surface area (Å²) in [6.07, 6.45) is 5.98. The molecule has 1 aliphatic heterocycles. The van der Waals surface area contributed by atoms with Crippen molar-refractivity contribution in [2.75, 3.05) is 31.5 Å². The summed E-state index contributed by atoms with van der Waals surface area (Å²) in [6, 6.07) is 8.58. The molecule has 7 nitrogen and oxygen atoms in total. The molecular weight excluding hydrogens is 407 g/mol. The van der Waals surface area contributed by atoms with Crippen molar-refractivity contribution in [3.8, 4) is 6.07 Å². The molecule has 0 unspecified atom stereocenters. The van der Waals surface area contributed by atoms with E-state index in [2.05, 4.69) is 26.3 Å². The van der Waals surface area contributed by atoms with Crippen LogP contribution in [0.25, 0.3) is 10.9 Å². The number of hydrogen-bond donors (Lipinski definition) is 1. The number of alkyl halides is 1. The molecule has 0 bridgehead atoms. The van der Waals surface area contributed by atoms with E-state index in [4.69, 9.17) is 0 Å². The minimum Gasteiger partial charge on any atom is -0.367 e. The number of anilines is 1. The van der Waals surface area contributed by atoms with E-state index in [1.54, 1.807) is 12.4 Å². The lowest BCUT2D eigenvalue weighted by Crippen LogP contribution is -2.55. The first-order valence-electron chi connectivity index (χ1n) is 11.7. The third-order valence-corrected chi connectivity index (χ3v) is 7.37. The number of hydrogen-bond acceptors (Lipinski definition) is 6. The van der Waals surface area contributed by atoms with Crippen LogP contribution in [0.3, 0.4) is 0 Å². The van der Waals surface area contributed by atoms with Crippen molar-refractivity contribution in [1.29, 1.82) is 5.26 Å². The van der Waals surface area contributed by atoms with E-state index in [-0.39, 0.29) is 11.8 Å². The van der Waals surface area contributed by atoms with Crippen molar-refractivity contribution in [3.05, 3.63) is 30.1 Å². The number of rotatable bonds is 4. The van der Waals surface area contributed by atoms with Gasteiger partial charge in [-0.05, 0) is 56.7 Å². The van der Waals surface area contributed by atoms with Crippen molar-refractivity contribution >= 4 is 22.6 Å². The number of piperazine rings is 1. The van der Waals surface area contributed by atoms with Gasteiger partial charge < -0.3 is 10.2 Å². The second kappa shape index (κ2) is 8.99. The van der Waals surface area contributed by atoms with Crippen LogP contribution in [-0.4, -0.2) is 70.1 Å². The normalized spacial score (nSPS) is 28.7. The summed E-state index contributed by atoms with van der Waals surface area (Å²) >= 11 is 0. The highest BCUT2D eigenvalue weighted by Gasteiger charge is 2.38. The Kier molecular flexibility index (Phi) is 5.92. The van der Waals surface area contributed by atoms with Gasteiger partial charge in [0.2, 0.25) is 5.91 Å². The monoisotopic (exact) mass is 436 g/mol. The number of carbonyl (C=O) groups excluding carboxylic acids is 1. The van der Waals surface area contributed by atoms with E-state index < -0.39 is 6.17 Å². The summed E-state index contributed by atoms with van der Waals surface area (Å²) in [7, 11) is 0. The first kappa shape index (κ1) is 21.1. The molecule has 1 aromatic carbocycles. The molecule has 0 radical (unpaired) electrons. The van der Waals surface area contributed by atoms with Gasteiger partial charge in [-0.3, -0.25) is 9.69 Å². The number of halogens is 1. The number of benzene rings is 1. The third-order valence-electron chi connectivity index (χ3n) is 7.37. The molecule has 0 atom stereocenters. The number of nitriles is 1. The summed E-state index contributed by atoms with van der Waals surface area (Å²) in [5, 5.41) is 13.7. The number of amides is 1. The average molecular weight is 437 g/mol. The molecule has 5 rings (SSSR count). The molecule has 1 N–H and O–H groups in total. The van der Waals surface area contributed by atoms with E-state index in [0.29, 0.717) is 30.5 Å². The van der Waals surface area contributed by atoms with Gasteiger partial charge in [0.25, 0.3) is 0 Å². The molecule has 0 spiro atoms. The fourth-order valence-electron chi connectivity index (χ4n) is 5.34. The zero-order valence-electron chi connectivity index (χ0n) is 18.2. The van der Waals surface area contributed by atoms with Crippen LogP contribution in [-0.2, 0) is 4.79 Å². The van der Waals surface area contributed by atoms with E-state index in [1.165, 1.54) is 0 Å². The number of nitrogens with one attached hydrogen (secondary N) is 1. The summed E-state index contributed by atoms with van der Waals surface area (Å²) in [4.78, 5) is 25.7. The quantitative estimate of drug-likeness (QED) is 0.793. The van der Waals surface area contributed by atoms with Crippen LogP contribution in [0.4, 0.5) is 10.2 Å². The highest BCUT2D eigenvalue weighted by Crippen LogP contribution is 2.33. The van der Waals surface area contributed by atoms with Crippen LogP contribution in [0, 0.1) is 17.2 Å². The smallest absolute Gasteiger partial charge is 0.225 e. The average Bonchev–Trinajstić information content (AvgIpc) is 2.82. The SMILES string of the molecule is N#Cc1ccc2ncnc(NC3CCC(N4CCN(C(=O)C5CC(F)C5)CC4)CC3)c2c1. The fourth-order valence-corrected chi connectivity index (χ4v) is 5.34. The molecule has 1 aromatic heterocycles. The molecule has 2 saturated carbocycles. The van der Waals surface area contributed by atoms with Gasteiger partial charge in [-0.2, -0.15) is 5.26 Å². The van der Waals surface area contributed by atoms with Gasteiger partial charge in [0, 0.05) is 49.6 Å². The number of nitrogens with zero attached hydrogens (tertiary/aromatic N) is 5. The Morgan fingerprint density at radius 3 is 2.53 bits per heavy atom. The van der Waals surface area contributed by atoms with Crippen molar-refractivity contribution in [2.24, 2.45) is 5.92 Å². The van der Waals surface area contributed by atoms with Gasteiger partial charge in [-0.1, -0.05) is 0 Å². The first-order valence-corrected chi connectivity index (χ1v) is 11.7. The molecule has 2 aliphatic carbocycles. The minimum absolute atomic E-state index is 0.0832. The maximum absolute atomic E-state index is 13.1. The summed E-state index contributed by atoms with van der Waals surface area (Å²) in [5.41, 5.74) is 1.45. The number of fused-ring (bicyclic) bond motifs is 1. The van der Waals surface area contributed by atoms with Crippen LogP contribution in [0.2, 0.25) is 0 Å². The molecule has 2 heterocycles. The summed E-state index contributed by atoms with van der Waals surface area (Å²) in [5.74, 6) is 0.873. The third kappa shape index (κ3) is 4.26. The Morgan fingerprint density at radius 1 is 1.09 bits per heavy atom. The predicted molar refractivity (Wildman–Crippen MR) is 120 cm³/mol. The molecule has 168 valence electrons. The first-order chi connectivity index (χ1) is 15.6. The lowest BCUT2D eigenvalue weighted by Gasteiger charge is -2.43. The molecule has 2 aromatic rings. The van der Waals surface area contributed by atoms with Gasteiger partial charge in [-0.15, -0.1) is 0 Å². The van der Waals surface area contributed by atoms with Gasteiger partial charge in [0.15, 0.2) is 0 Å². The zero-order chi connectivity index (χ0) is 22.1. The Hall–Kier alpha value is -2.79. The van der Waals surface area contributed by atoms with Crippen LogP contribution < -0.4 is 5.32 Å². The van der Waals surface area contributed by atoms with E-state index in [1.807, 2.05) is 17.0 Å². The summed E-state index contributed by atoms with van der Waals surface area (Å²) < 4.78 is 13.1. The predicted octanol–water partition coefficient (Wildman–Crippen LogP) is 3.12. The van der Waals surface area contributed by atoms with Gasteiger partial charge >= 0.3 is 0 Å². The lowest BCUT2D eigenvalue weighted by molar-refractivity contribution is -0.142. The second-order valence-corrected chi connectivity index (χ2v) is 9.34. The standard InChI is InChI=1S/C24H29FN6O/c25-18-12-17(13-18)24(32)31-9-7-30(8-10-31)20-4-2-19(3-5-20)29-23-21-11-16(14-26)1-6-22(21)27-15-28-23/h1,6,11,15,17-20H,2-5,7-10,12-13H2,(H,27,28,29). The van der Waals surface area contributed by atoms with Crippen molar-refractivity contribution in [3.63, 3.8) is 0 Å². The minimum atomic E-state index is -0.775. The zero-order valence-corrected chi connectivity index (χ0v) is 18.2. The van der Waals surface area contributed by atoms with Crippen LogP contribution >= 0.6 is 0 Å². The van der Waals surface area contributed by atoms with Gasteiger partial charge in [0.1, 0.15) is 18.3 Å². The topological polar surface area (TPSA) is 85.2 Å². The lowest BCUT2D eigenvalue weighted by atomic mass is 9.82. The molecule has 8 heteroatoms. The maximum Gasteiger partial charge on any atom is 0.225 e. The van der Waals surface area contributed by atoms with Crippen molar-refractivity contribution in [1.82, 2.24) is 19.8 Å². The molecule has 32 heavy (non-hydrogen) atoms. The van der Waals surface area contributed by atoms with E-state index in [0.717, 1.165) is 68.6 Å². The van der Waals surface area contributed by atoms with Gasteiger partial charge in [-0.25, -0.2) is 14.4 Å². The van der Waals surface area contributed by atoms with E-state index in [9.17, 15) is 14.4 Å². The fraction of sp³-hybridized carbons (Fsp3) is 0.583. The molecule has 1 amide bonds. The molecule has 3 fully saturated rings. The Labute approximate surface area is 187 Å². The largest absolute Gasteiger partial charge is 0.367 e. The van der Waals surface area contributed by atoms with Gasteiger partial charge in [0.05, 0.1) is 17.1 Å². The highest BCUT2D eigenvalue weighted by molar-refractivity contribution is 5.89. The highest BCUT2D eigenvalue weighted by atomic mass is 19.1. The second-order valence-electron chi connectivity index (χ2n) is 9.34. The molecular formula is C24H29FN6O. The summed E-state index contributed by atoms with van der Waals surface area (Å²) in [6.45, 7) is 3.35. The number of aromatic nitrogens is 2.